The van der Waals surface area contributed by atoms with Crippen LogP contribution < -0.4 is 4.74 Å². The third kappa shape index (κ3) is 5.11. The van der Waals surface area contributed by atoms with Crippen molar-refractivity contribution in [3.8, 4) is 22.8 Å². The van der Waals surface area contributed by atoms with Gasteiger partial charge in [-0.25, -0.2) is 4.98 Å². The zero-order valence-electron chi connectivity index (χ0n) is 18.0. The molecule has 4 aromatic rings. The van der Waals surface area contributed by atoms with Crippen LogP contribution in [0.2, 0.25) is 5.02 Å². The Morgan fingerprint density at radius 1 is 0.969 bits per heavy atom. The molecule has 1 heterocycles. The quantitative estimate of drug-likeness (QED) is 0.218. The highest BCUT2D eigenvalue weighted by Gasteiger charge is 2.15. The number of imidazole rings is 1. The minimum atomic E-state index is -0.166. The van der Waals surface area contributed by atoms with Crippen LogP contribution in [0.25, 0.3) is 28.1 Å². The average molecular weight is 449 g/mol. The average Bonchev–Trinajstić information content (AvgIpc) is 3.20. The normalized spacial score (nSPS) is 10.9. The molecular weight excluding hydrogens is 424 g/mol. The number of fused-ring (bicyclic) bond motifs is 1. The maximum Gasteiger partial charge on any atom is 0.305 e. The van der Waals surface area contributed by atoms with Crippen molar-refractivity contribution in [3.63, 3.8) is 0 Å². The van der Waals surface area contributed by atoms with Crippen LogP contribution in [0.15, 0.2) is 72.8 Å². The van der Waals surface area contributed by atoms with Gasteiger partial charge < -0.3 is 9.47 Å². The Kier molecular flexibility index (Phi) is 7.07. The number of esters is 1. The summed E-state index contributed by atoms with van der Waals surface area (Å²) in [6, 6.07) is 23.8. The van der Waals surface area contributed by atoms with Crippen molar-refractivity contribution < 1.29 is 14.3 Å². The second-order valence-corrected chi connectivity index (χ2v) is 7.94. The molecule has 0 radical (unpaired) electrons. The van der Waals surface area contributed by atoms with E-state index >= 15 is 0 Å². The van der Waals surface area contributed by atoms with Gasteiger partial charge in [0.05, 0.1) is 24.8 Å². The lowest BCUT2D eigenvalue weighted by Crippen LogP contribution is -2.01. The van der Waals surface area contributed by atoms with Crippen LogP contribution in [-0.2, 0) is 9.53 Å². The molecule has 0 saturated heterocycles. The SMILES string of the molecule is COC(=O)CCCCCOc1ccc2nc(-c3cccc(Cl)c3)n(-c3ccccc3)c2c1. The summed E-state index contributed by atoms with van der Waals surface area (Å²) in [5.41, 5.74) is 3.82. The molecule has 0 unspecified atom stereocenters. The molecule has 0 aliphatic heterocycles. The molecule has 0 N–H and O–H groups in total. The van der Waals surface area contributed by atoms with Crippen LogP contribution in [0, 0.1) is 0 Å². The fourth-order valence-corrected chi connectivity index (χ4v) is 3.84. The maximum atomic E-state index is 11.2. The van der Waals surface area contributed by atoms with E-state index in [-0.39, 0.29) is 5.97 Å². The minimum absolute atomic E-state index is 0.166. The van der Waals surface area contributed by atoms with E-state index in [1.54, 1.807) is 0 Å². The Morgan fingerprint density at radius 3 is 2.59 bits per heavy atom. The lowest BCUT2D eigenvalue weighted by Gasteiger charge is -2.11. The van der Waals surface area contributed by atoms with E-state index in [0.29, 0.717) is 18.1 Å². The number of nitrogens with zero attached hydrogens (tertiary/aromatic N) is 2. The molecular formula is C26H25ClN2O3. The summed E-state index contributed by atoms with van der Waals surface area (Å²) in [5.74, 6) is 1.45. The van der Waals surface area contributed by atoms with Crippen molar-refractivity contribution in [2.24, 2.45) is 0 Å². The first-order valence-corrected chi connectivity index (χ1v) is 11.1. The summed E-state index contributed by atoms with van der Waals surface area (Å²) >= 11 is 6.25. The molecule has 0 aliphatic carbocycles. The molecule has 0 aliphatic rings. The van der Waals surface area contributed by atoms with Gasteiger partial charge in [0.1, 0.15) is 11.6 Å². The van der Waals surface area contributed by atoms with E-state index in [0.717, 1.165) is 53.1 Å². The summed E-state index contributed by atoms with van der Waals surface area (Å²) in [5, 5.41) is 0.672. The predicted molar refractivity (Wildman–Crippen MR) is 127 cm³/mol. The van der Waals surface area contributed by atoms with Gasteiger partial charge in [-0.2, -0.15) is 0 Å². The first-order chi connectivity index (χ1) is 15.7. The molecule has 0 amide bonds. The molecule has 32 heavy (non-hydrogen) atoms. The molecule has 0 saturated carbocycles. The van der Waals surface area contributed by atoms with E-state index in [2.05, 4.69) is 21.4 Å². The van der Waals surface area contributed by atoms with Gasteiger partial charge in [-0.15, -0.1) is 0 Å². The van der Waals surface area contributed by atoms with E-state index in [1.807, 2.05) is 60.7 Å². The smallest absolute Gasteiger partial charge is 0.305 e. The first-order valence-electron chi connectivity index (χ1n) is 10.7. The van der Waals surface area contributed by atoms with Gasteiger partial charge in [0.2, 0.25) is 0 Å². The number of carbonyl (C=O) groups is 1. The maximum absolute atomic E-state index is 11.2. The number of benzene rings is 3. The fourth-order valence-electron chi connectivity index (χ4n) is 3.64. The molecule has 164 valence electrons. The van der Waals surface area contributed by atoms with Gasteiger partial charge in [-0.1, -0.05) is 41.9 Å². The van der Waals surface area contributed by atoms with Crippen LogP contribution in [0.4, 0.5) is 0 Å². The number of halogens is 1. The van der Waals surface area contributed by atoms with Crippen molar-refractivity contribution in [2.75, 3.05) is 13.7 Å². The summed E-state index contributed by atoms with van der Waals surface area (Å²) in [4.78, 5) is 16.1. The zero-order chi connectivity index (χ0) is 22.3. The van der Waals surface area contributed by atoms with E-state index in [9.17, 15) is 4.79 Å². The van der Waals surface area contributed by atoms with Crippen LogP contribution >= 0.6 is 11.6 Å². The van der Waals surface area contributed by atoms with Gasteiger partial charge in [-0.05, 0) is 55.7 Å². The molecule has 4 rings (SSSR count). The molecule has 0 bridgehead atoms. The number of aromatic nitrogens is 2. The number of ether oxygens (including phenoxy) is 2. The topological polar surface area (TPSA) is 53.4 Å². The van der Waals surface area contributed by atoms with E-state index in [1.165, 1.54) is 7.11 Å². The van der Waals surface area contributed by atoms with E-state index in [4.69, 9.17) is 21.3 Å². The summed E-state index contributed by atoms with van der Waals surface area (Å²) in [6.07, 6.45) is 3.04. The minimum Gasteiger partial charge on any atom is -0.494 e. The van der Waals surface area contributed by atoms with E-state index < -0.39 is 0 Å². The van der Waals surface area contributed by atoms with Crippen LogP contribution in [0.1, 0.15) is 25.7 Å². The predicted octanol–water partition coefficient (Wildman–Crippen LogP) is 6.46. The highest BCUT2D eigenvalue weighted by molar-refractivity contribution is 6.30. The monoisotopic (exact) mass is 448 g/mol. The highest BCUT2D eigenvalue weighted by Crippen LogP contribution is 2.31. The Bertz CT molecular complexity index is 1200. The van der Waals surface area contributed by atoms with Gasteiger partial charge in [-0.3, -0.25) is 9.36 Å². The molecule has 3 aromatic carbocycles. The highest BCUT2D eigenvalue weighted by atomic mass is 35.5. The summed E-state index contributed by atoms with van der Waals surface area (Å²) in [6.45, 7) is 0.591. The Labute approximate surface area is 192 Å². The number of hydrogen-bond donors (Lipinski definition) is 0. The van der Waals surface area contributed by atoms with Gasteiger partial charge in [0, 0.05) is 28.8 Å². The van der Waals surface area contributed by atoms with Gasteiger partial charge in [0.25, 0.3) is 0 Å². The van der Waals surface area contributed by atoms with Crippen molar-refractivity contribution >= 4 is 28.6 Å². The molecule has 0 spiro atoms. The summed E-state index contributed by atoms with van der Waals surface area (Å²) < 4.78 is 12.8. The third-order valence-corrected chi connectivity index (χ3v) is 5.48. The number of unbranched alkanes of at least 4 members (excludes halogenated alkanes) is 2. The van der Waals surface area contributed by atoms with Crippen LogP contribution in [-0.4, -0.2) is 29.2 Å². The fraction of sp³-hybridized carbons (Fsp3) is 0.231. The first kappa shape index (κ1) is 21.9. The Hall–Kier alpha value is -3.31. The molecule has 5 nitrogen and oxygen atoms in total. The number of methoxy groups -OCH3 is 1. The van der Waals surface area contributed by atoms with Gasteiger partial charge >= 0.3 is 5.97 Å². The second kappa shape index (κ2) is 10.3. The third-order valence-electron chi connectivity index (χ3n) is 5.24. The molecule has 0 atom stereocenters. The summed E-state index contributed by atoms with van der Waals surface area (Å²) in [7, 11) is 1.42. The van der Waals surface area contributed by atoms with Crippen LogP contribution in [0.5, 0.6) is 5.75 Å². The number of hydrogen-bond acceptors (Lipinski definition) is 4. The Morgan fingerprint density at radius 2 is 1.81 bits per heavy atom. The second-order valence-electron chi connectivity index (χ2n) is 7.50. The van der Waals surface area contributed by atoms with Crippen molar-refractivity contribution in [2.45, 2.75) is 25.7 Å². The molecule has 1 aromatic heterocycles. The number of rotatable bonds is 9. The van der Waals surface area contributed by atoms with Gasteiger partial charge in [0.15, 0.2) is 0 Å². The van der Waals surface area contributed by atoms with Crippen molar-refractivity contribution in [1.29, 1.82) is 0 Å². The molecule has 6 heteroatoms. The Balaban J connectivity index is 1.59. The van der Waals surface area contributed by atoms with Crippen molar-refractivity contribution in [3.05, 3.63) is 77.8 Å². The zero-order valence-corrected chi connectivity index (χ0v) is 18.7. The molecule has 0 fully saturated rings. The number of para-hydroxylation sites is 1. The standard InChI is InChI=1S/C26H25ClN2O3/c1-31-25(30)13-6-3-7-16-32-22-14-15-23-24(18-22)29(21-11-4-2-5-12-21)26(28-23)19-9-8-10-20(27)17-19/h2,4-5,8-12,14-15,17-18H,3,6-7,13,16H2,1H3. The number of carbonyl (C=O) groups excluding carboxylic acids is 1. The van der Waals surface area contributed by atoms with Crippen molar-refractivity contribution in [1.82, 2.24) is 9.55 Å². The van der Waals surface area contributed by atoms with Crippen LogP contribution in [0.3, 0.4) is 0 Å². The lowest BCUT2D eigenvalue weighted by atomic mass is 10.2. The lowest BCUT2D eigenvalue weighted by molar-refractivity contribution is -0.140. The largest absolute Gasteiger partial charge is 0.494 e.